The highest BCUT2D eigenvalue weighted by atomic mass is 35.5. The van der Waals surface area contributed by atoms with Crippen molar-refractivity contribution >= 4 is 58.1 Å². The lowest BCUT2D eigenvalue weighted by molar-refractivity contribution is -0.164. The molecule has 1 aromatic carbocycles. The lowest BCUT2D eigenvalue weighted by Gasteiger charge is -2.48. The molecule has 2 aromatic rings. The number of alkyl halides is 3. The topological polar surface area (TPSA) is 137 Å². The third kappa shape index (κ3) is 4.02. The van der Waals surface area contributed by atoms with Gasteiger partial charge in [0.05, 0.1) is 22.4 Å². The molecule has 3 atom stereocenters. The first-order valence-electron chi connectivity index (χ1n) is 8.87. The second-order valence-corrected chi connectivity index (χ2v) is 8.29. The molecule has 2 amide bonds. The van der Waals surface area contributed by atoms with Gasteiger partial charge in [0.25, 0.3) is 11.8 Å². The van der Waals surface area contributed by atoms with Crippen LogP contribution in [0.1, 0.15) is 0 Å². The Bertz CT molecular complexity index is 1140. The number of hydrogen-bond donors (Lipinski definition) is 4. The van der Waals surface area contributed by atoms with Crippen LogP contribution in [0.25, 0.3) is 11.0 Å². The van der Waals surface area contributed by atoms with Crippen molar-refractivity contribution in [3.8, 4) is 0 Å². The van der Waals surface area contributed by atoms with Crippen LogP contribution in [0.3, 0.4) is 0 Å². The van der Waals surface area contributed by atoms with Crippen molar-refractivity contribution in [2.45, 2.75) is 23.6 Å². The molecule has 4 N–H and O–H groups in total. The van der Waals surface area contributed by atoms with Crippen LogP contribution in [0.4, 0.5) is 23.7 Å². The number of β-lactam (4-membered cyclic amide) rings is 1. The highest BCUT2D eigenvalue weighted by Crippen LogP contribution is 2.41. The van der Waals surface area contributed by atoms with Crippen LogP contribution in [-0.4, -0.2) is 67.3 Å². The van der Waals surface area contributed by atoms with E-state index in [0.717, 1.165) is 16.7 Å². The Kier molecular flexibility index (Phi) is 5.58. The predicted octanol–water partition coefficient (Wildman–Crippen LogP) is 2.41. The molecule has 1 saturated heterocycles. The molecule has 32 heavy (non-hydrogen) atoms. The summed E-state index contributed by atoms with van der Waals surface area (Å²) < 4.78 is 45.4. The highest BCUT2D eigenvalue weighted by Gasteiger charge is 2.56. The molecule has 0 spiro atoms. The number of fused-ring (bicyclic) bond motifs is 2. The molecule has 2 aliphatic rings. The number of halogens is 4. The van der Waals surface area contributed by atoms with Gasteiger partial charge in [0.15, 0.2) is 0 Å². The van der Waals surface area contributed by atoms with E-state index in [9.17, 15) is 27.6 Å². The van der Waals surface area contributed by atoms with E-state index in [0.29, 0.717) is 11.0 Å². The third-order valence-corrected chi connectivity index (χ3v) is 6.41. The zero-order valence-electron chi connectivity index (χ0n) is 15.6. The number of H-pyrrole nitrogens is 1. The molecule has 2 aliphatic heterocycles. The Labute approximate surface area is 186 Å². The van der Waals surface area contributed by atoms with E-state index >= 15 is 0 Å². The van der Waals surface area contributed by atoms with Crippen LogP contribution in [0.2, 0.25) is 0 Å². The number of anilines is 1. The van der Waals surface area contributed by atoms with Gasteiger partial charge in [-0.25, -0.2) is 9.78 Å². The minimum atomic E-state index is -4.97. The summed E-state index contributed by atoms with van der Waals surface area (Å²) in [6.07, 6.45) is -5.31. The summed E-state index contributed by atoms with van der Waals surface area (Å²) >= 11 is 6.94. The number of imidazole rings is 1. The Morgan fingerprint density at radius 3 is 2.84 bits per heavy atom. The number of carbonyl (C=O) groups excluding carboxylic acids is 2. The second kappa shape index (κ2) is 8.09. The number of rotatable bonds is 5. The van der Waals surface area contributed by atoms with E-state index in [4.69, 9.17) is 16.7 Å². The number of carboxylic acid groups (broad SMARTS) is 1. The molecular weight excluding hydrogens is 479 g/mol. The summed E-state index contributed by atoms with van der Waals surface area (Å²) in [5.74, 6) is -2.69. The molecule has 0 bridgehead atoms. The van der Waals surface area contributed by atoms with Crippen LogP contribution in [0.5, 0.6) is 0 Å². The maximum Gasteiger partial charge on any atom is 0.512 e. The molecular formula is C17H13ClF3N5O5S. The van der Waals surface area contributed by atoms with Crippen molar-refractivity contribution in [1.29, 1.82) is 0 Å². The largest absolute Gasteiger partial charge is 0.512 e. The molecule has 1 fully saturated rings. The number of nitrogens with one attached hydrogen (secondary N) is 3. The summed E-state index contributed by atoms with van der Waals surface area (Å²) in [5, 5.41) is 12.1. The molecule has 10 nitrogen and oxygen atoms in total. The van der Waals surface area contributed by atoms with Gasteiger partial charge in [-0.1, -0.05) is 11.6 Å². The van der Waals surface area contributed by atoms with Gasteiger partial charge >= 0.3 is 12.3 Å². The van der Waals surface area contributed by atoms with E-state index in [2.05, 4.69) is 25.3 Å². The van der Waals surface area contributed by atoms with Crippen molar-refractivity contribution < 1.29 is 37.4 Å². The minimum absolute atomic E-state index is 0.00235. The fourth-order valence-electron chi connectivity index (χ4n) is 3.24. The molecule has 1 aromatic heterocycles. The number of nitrogens with zero attached hydrogens (tertiary/aromatic N) is 2. The summed E-state index contributed by atoms with van der Waals surface area (Å²) in [7, 11) is 0. The van der Waals surface area contributed by atoms with Crippen LogP contribution in [0.15, 0.2) is 35.4 Å². The molecule has 0 saturated carbocycles. The van der Waals surface area contributed by atoms with Crippen molar-refractivity contribution in [2.24, 2.45) is 0 Å². The highest BCUT2D eigenvalue weighted by molar-refractivity contribution is 8.00. The zero-order valence-corrected chi connectivity index (χ0v) is 17.2. The number of ether oxygens (including phenoxy) is 1. The Hall–Kier alpha value is -3.13. The van der Waals surface area contributed by atoms with Crippen molar-refractivity contribution in [2.75, 3.05) is 11.1 Å². The van der Waals surface area contributed by atoms with Gasteiger partial charge in [-0.05, 0) is 18.2 Å². The average molecular weight is 492 g/mol. The molecule has 15 heteroatoms. The van der Waals surface area contributed by atoms with Crippen molar-refractivity contribution in [3.05, 3.63) is 35.4 Å². The Balaban J connectivity index is 1.49. The standard InChI is InChI=1S/C17H13ClF3N5O5S/c18-7-4-32-15-10(13(28)26(15)14(7)31-16(29)30)25-12(27)11(17(19,20)21)24-6-1-2-8-9(3-6)23-5-22-8/h1-3,5,10-11,15,24H,4H2,(H,22,23)(H,25,27)(H,29,30)/t10?,11-,15+/m1/s1. The number of amides is 2. The van der Waals surface area contributed by atoms with Crippen LogP contribution in [0, 0.1) is 0 Å². The van der Waals surface area contributed by atoms with Gasteiger partial charge < -0.3 is 25.5 Å². The first-order valence-corrected chi connectivity index (χ1v) is 10.3. The molecule has 3 heterocycles. The molecule has 0 aliphatic carbocycles. The monoisotopic (exact) mass is 491 g/mol. The summed E-state index contributed by atoms with van der Waals surface area (Å²) in [5.41, 5.74) is 1.00. The quantitative estimate of drug-likeness (QED) is 0.370. The van der Waals surface area contributed by atoms with E-state index in [1.54, 1.807) is 0 Å². The number of aromatic amines is 1. The number of thioether (sulfide) groups is 1. The van der Waals surface area contributed by atoms with E-state index in [1.807, 2.05) is 0 Å². The van der Waals surface area contributed by atoms with Crippen LogP contribution >= 0.6 is 23.4 Å². The summed E-state index contributed by atoms with van der Waals surface area (Å²) in [6, 6.07) is 0.227. The first kappa shape index (κ1) is 22.1. The van der Waals surface area contributed by atoms with Gasteiger partial charge in [0.2, 0.25) is 11.9 Å². The maximum absolute atomic E-state index is 13.6. The fourth-order valence-corrected chi connectivity index (χ4v) is 4.73. The van der Waals surface area contributed by atoms with Gasteiger partial charge in [-0.15, -0.1) is 11.8 Å². The summed E-state index contributed by atoms with van der Waals surface area (Å²) in [6.45, 7) is 0. The van der Waals surface area contributed by atoms with E-state index < -0.39 is 47.5 Å². The summed E-state index contributed by atoms with van der Waals surface area (Å²) in [4.78, 5) is 43.4. The molecule has 170 valence electrons. The zero-order chi connectivity index (χ0) is 23.2. The molecule has 4 rings (SSSR count). The van der Waals surface area contributed by atoms with Gasteiger partial charge in [0.1, 0.15) is 11.4 Å². The lowest BCUT2D eigenvalue weighted by atomic mass is 10.1. The first-order chi connectivity index (χ1) is 15.1. The second-order valence-electron chi connectivity index (χ2n) is 6.73. The van der Waals surface area contributed by atoms with E-state index in [1.165, 1.54) is 24.5 Å². The van der Waals surface area contributed by atoms with Crippen molar-refractivity contribution in [3.63, 3.8) is 0 Å². The van der Waals surface area contributed by atoms with Crippen LogP contribution in [-0.2, 0) is 14.3 Å². The van der Waals surface area contributed by atoms with E-state index in [-0.39, 0.29) is 16.5 Å². The predicted molar refractivity (Wildman–Crippen MR) is 107 cm³/mol. The Morgan fingerprint density at radius 2 is 2.16 bits per heavy atom. The maximum atomic E-state index is 13.6. The SMILES string of the molecule is O=C(O)OC1=C(Cl)CS[C@H]2C(NC(=O)[C@@H](Nc3ccc4[nH]cnc4c3)C(F)(F)F)C(=O)N12. The number of carbonyl (C=O) groups is 3. The number of benzene rings is 1. The molecule has 0 radical (unpaired) electrons. The average Bonchev–Trinajstić information content (AvgIpc) is 3.18. The van der Waals surface area contributed by atoms with Gasteiger partial charge in [-0.2, -0.15) is 13.2 Å². The minimum Gasteiger partial charge on any atom is -0.449 e. The van der Waals surface area contributed by atoms with Gasteiger partial charge in [0, 0.05) is 11.4 Å². The number of aromatic nitrogens is 2. The van der Waals surface area contributed by atoms with Crippen LogP contribution < -0.4 is 10.6 Å². The fraction of sp³-hybridized carbons (Fsp3) is 0.294. The Morgan fingerprint density at radius 1 is 1.41 bits per heavy atom. The van der Waals surface area contributed by atoms with Gasteiger partial charge in [-0.3, -0.25) is 14.5 Å². The third-order valence-electron chi connectivity index (χ3n) is 4.68. The van der Waals surface area contributed by atoms with Crippen molar-refractivity contribution in [1.82, 2.24) is 20.2 Å². The number of hydrogen-bond acceptors (Lipinski definition) is 7. The smallest absolute Gasteiger partial charge is 0.449 e. The normalized spacial score (nSPS) is 21.6. The lowest BCUT2D eigenvalue weighted by Crippen LogP contribution is -2.71. The molecule has 1 unspecified atom stereocenters.